The van der Waals surface area contributed by atoms with Crippen molar-refractivity contribution in [1.82, 2.24) is 4.31 Å². The van der Waals surface area contributed by atoms with Crippen LogP contribution in [-0.2, 0) is 10.0 Å². The van der Waals surface area contributed by atoms with Gasteiger partial charge in [-0.25, -0.2) is 12.7 Å². The van der Waals surface area contributed by atoms with Crippen LogP contribution >= 0.6 is 0 Å². The summed E-state index contributed by atoms with van der Waals surface area (Å²) in [4.78, 5) is 1.07. The minimum atomic E-state index is -3.01. The van der Waals surface area contributed by atoms with E-state index in [2.05, 4.69) is 0 Å². The minimum absolute atomic E-state index is 0. The monoisotopic (exact) mass is 198 g/mol. The summed E-state index contributed by atoms with van der Waals surface area (Å²) in [5.41, 5.74) is 0. The van der Waals surface area contributed by atoms with Gasteiger partial charge in [0.25, 0.3) is 0 Å². The zero-order valence-corrected chi connectivity index (χ0v) is 7.98. The first kappa shape index (κ1) is 10.7. The first-order chi connectivity index (χ1) is 4.50. The van der Waals surface area contributed by atoms with Crippen LogP contribution in [0.1, 0.15) is 0 Å². The Bertz CT molecular complexity index is 249. The first-order valence-corrected chi connectivity index (χ1v) is 4.82. The van der Waals surface area contributed by atoms with E-state index in [1.807, 2.05) is 7.05 Å². The van der Waals surface area contributed by atoms with E-state index in [0.717, 1.165) is 4.90 Å². The van der Waals surface area contributed by atoms with Gasteiger partial charge >= 0.3 is 0 Å². The Kier molecular flexibility index (Phi) is 3.34. The van der Waals surface area contributed by atoms with E-state index in [-0.39, 0.29) is 12.4 Å². The Balaban J connectivity index is 0.000001000. The van der Waals surface area contributed by atoms with Gasteiger partial charge in [-0.3, -0.25) is 4.90 Å². The molecule has 0 radical (unpaired) electrons. The average Bonchev–Trinajstić information content (AvgIpc) is 2.11. The fraction of sp³-hybridized carbons (Fsp3) is 0.600. The van der Waals surface area contributed by atoms with Gasteiger partial charge in [0.15, 0.2) is 6.67 Å². The van der Waals surface area contributed by atoms with Gasteiger partial charge in [0, 0.05) is 0 Å². The van der Waals surface area contributed by atoms with Gasteiger partial charge in [0.1, 0.15) is 6.20 Å². The van der Waals surface area contributed by atoms with Gasteiger partial charge in [0.2, 0.25) is 10.0 Å². The van der Waals surface area contributed by atoms with Gasteiger partial charge in [-0.2, -0.15) is 0 Å². The van der Waals surface area contributed by atoms with Crippen molar-refractivity contribution in [3.8, 4) is 0 Å². The second-order valence-corrected chi connectivity index (χ2v) is 4.41. The number of quaternary nitrogens is 1. The smallest absolute Gasteiger partial charge is 0.236 e. The van der Waals surface area contributed by atoms with Crippen molar-refractivity contribution in [2.24, 2.45) is 0 Å². The van der Waals surface area contributed by atoms with Gasteiger partial charge in [-0.05, 0) is 0 Å². The molecule has 0 saturated heterocycles. The summed E-state index contributed by atoms with van der Waals surface area (Å²) >= 11 is 0. The van der Waals surface area contributed by atoms with Crippen molar-refractivity contribution in [2.75, 3.05) is 20.0 Å². The Morgan fingerprint density at radius 2 is 2.09 bits per heavy atom. The molecule has 1 rings (SSSR count). The summed E-state index contributed by atoms with van der Waals surface area (Å²) in [5.74, 6) is 0. The van der Waals surface area contributed by atoms with Gasteiger partial charge in [-0.1, -0.05) is 0 Å². The van der Waals surface area contributed by atoms with E-state index in [4.69, 9.17) is 0 Å². The van der Waals surface area contributed by atoms with Crippen molar-refractivity contribution in [2.45, 2.75) is 0 Å². The molecule has 1 N–H and O–H groups in total. The van der Waals surface area contributed by atoms with Crippen LogP contribution in [-0.4, -0.2) is 32.7 Å². The molecule has 4 nitrogen and oxygen atoms in total. The van der Waals surface area contributed by atoms with E-state index in [0.29, 0.717) is 6.67 Å². The number of hydrogen-bond acceptors (Lipinski definition) is 2. The van der Waals surface area contributed by atoms with Crippen molar-refractivity contribution in [3.63, 3.8) is 0 Å². The van der Waals surface area contributed by atoms with Crippen LogP contribution in [0.5, 0.6) is 0 Å². The van der Waals surface area contributed by atoms with Crippen molar-refractivity contribution in [1.29, 1.82) is 0 Å². The maximum Gasteiger partial charge on any atom is 0.236 e. The molecule has 0 saturated carbocycles. The Morgan fingerprint density at radius 1 is 1.55 bits per heavy atom. The van der Waals surface area contributed by atoms with E-state index >= 15 is 0 Å². The number of rotatable bonds is 1. The molecule has 0 bridgehead atoms. The third-order valence-corrected chi connectivity index (χ3v) is 2.46. The quantitative estimate of drug-likeness (QED) is 0.460. The van der Waals surface area contributed by atoms with E-state index in [1.54, 1.807) is 12.4 Å². The maximum absolute atomic E-state index is 10.8. The number of sulfonamides is 1. The van der Waals surface area contributed by atoms with Crippen molar-refractivity contribution >= 4 is 10.0 Å². The standard InChI is InChI=1S/C5H10N2O2S.ClH/c1-6-3-4-7(5-6)10(2,8)9;/h3-4H,5H2,1-2H3;1H. The van der Waals surface area contributed by atoms with Crippen LogP contribution in [0.25, 0.3) is 0 Å². The van der Waals surface area contributed by atoms with Crippen LogP contribution < -0.4 is 17.3 Å². The lowest BCUT2D eigenvalue weighted by Gasteiger charge is -2.10. The van der Waals surface area contributed by atoms with E-state index < -0.39 is 10.0 Å². The summed E-state index contributed by atoms with van der Waals surface area (Å²) in [6.07, 6.45) is 4.60. The van der Waals surface area contributed by atoms with Gasteiger partial charge < -0.3 is 12.4 Å². The second-order valence-electron chi connectivity index (χ2n) is 2.47. The summed E-state index contributed by atoms with van der Waals surface area (Å²) in [6.45, 7) is 0.513. The number of halogens is 1. The molecule has 1 aliphatic rings. The zero-order chi connectivity index (χ0) is 7.78. The van der Waals surface area contributed by atoms with Crippen LogP contribution in [0.15, 0.2) is 12.4 Å². The normalized spacial score (nSPS) is 23.5. The summed E-state index contributed by atoms with van der Waals surface area (Å²) in [6, 6.07) is 0. The highest BCUT2D eigenvalue weighted by molar-refractivity contribution is 7.88. The molecule has 0 fully saturated rings. The fourth-order valence-electron chi connectivity index (χ4n) is 0.789. The molecule has 11 heavy (non-hydrogen) atoms. The average molecular weight is 199 g/mol. The lowest BCUT2D eigenvalue weighted by molar-refractivity contribution is -0.824. The molecule has 0 aromatic carbocycles. The molecule has 1 unspecified atom stereocenters. The third-order valence-electron chi connectivity index (χ3n) is 1.36. The number of nitrogens with one attached hydrogen (secondary N) is 1. The lowest BCUT2D eigenvalue weighted by Crippen LogP contribution is -3.03. The third kappa shape index (κ3) is 2.69. The van der Waals surface area contributed by atoms with Crippen LogP contribution in [0, 0.1) is 0 Å². The number of nitrogens with zero attached hydrogens (tertiary/aromatic N) is 1. The zero-order valence-electron chi connectivity index (χ0n) is 6.41. The lowest BCUT2D eigenvalue weighted by atomic mass is 10.9. The van der Waals surface area contributed by atoms with E-state index in [9.17, 15) is 8.42 Å². The Labute approximate surface area is 72.9 Å². The van der Waals surface area contributed by atoms with Crippen molar-refractivity contribution in [3.05, 3.63) is 12.4 Å². The molecule has 66 valence electrons. The predicted molar refractivity (Wildman–Crippen MR) is 37.6 cm³/mol. The predicted octanol–water partition coefficient (Wildman–Crippen LogP) is -4.79. The highest BCUT2D eigenvalue weighted by Gasteiger charge is 2.20. The maximum atomic E-state index is 10.8. The molecule has 0 aliphatic carbocycles. The highest BCUT2D eigenvalue weighted by Crippen LogP contribution is 1.96. The summed E-state index contributed by atoms with van der Waals surface area (Å²) in [7, 11) is -1.11. The van der Waals surface area contributed by atoms with Crippen LogP contribution in [0.4, 0.5) is 0 Å². The second kappa shape index (κ2) is 3.42. The Hall–Kier alpha value is -0.260. The Morgan fingerprint density at radius 3 is 2.27 bits per heavy atom. The molecular formula is C5H11ClN2O2S. The minimum Gasteiger partial charge on any atom is -1.00 e. The number of hydrogen-bond donors (Lipinski definition) is 1. The molecule has 1 aliphatic heterocycles. The van der Waals surface area contributed by atoms with Crippen LogP contribution in [0.2, 0.25) is 0 Å². The summed E-state index contributed by atoms with van der Waals surface area (Å²) < 4.78 is 23.0. The fourth-order valence-corrected chi connectivity index (χ4v) is 1.51. The van der Waals surface area contributed by atoms with Crippen molar-refractivity contribution < 1.29 is 25.7 Å². The summed E-state index contributed by atoms with van der Waals surface area (Å²) in [5, 5.41) is 0. The molecule has 0 aromatic rings. The van der Waals surface area contributed by atoms with Crippen LogP contribution in [0.3, 0.4) is 0 Å². The molecule has 1 atom stereocenters. The molecular weight excluding hydrogens is 188 g/mol. The molecule has 6 heteroatoms. The van der Waals surface area contributed by atoms with Gasteiger partial charge in [0.05, 0.1) is 19.5 Å². The highest BCUT2D eigenvalue weighted by atomic mass is 35.5. The van der Waals surface area contributed by atoms with Gasteiger partial charge in [-0.15, -0.1) is 0 Å². The molecule has 1 heterocycles. The SMILES string of the molecule is C[NH+]1C=CN(S(C)(=O)=O)C1.[Cl-]. The van der Waals surface area contributed by atoms with E-state index in [1.165, 1.54) is 10.6 Å². The first-order valence-electron chi connectivity index (χ1n) is 2.97. The largest absolute Gasteiger partial charge is 1.00 e. The molecule has 0 amide bonds. The molecule has 0 spiro atoms. The topological polar surface area (TPSA) is 41.8 Å². The molecule has 0 aromatic heterocycles.